The van der Waals surface area contributed by atoms with Gasteiger partial charge in [0.1, 0.15) is 21.6 Å². The first-order valence-corrected chi connectivity index (χ1v) is 10.1. The molecule has 1 N–H and O–H groups in total. The molecule has 3 rings (SSSR count). The highest BCUT2D eigenvalue weighted by atomic mass is 35.5. The average Bonchev–Trinajstić information content (AvgIpc) is 3.00. The first kappa shape index (κ1) is 20.5. The molecule has 0 saturated carbocycles. The minimum absolute atomic E-state index is 0.214. The molecule has 5 nitrogen and oxygen atoms in total. The van der Waals surface area contributed by atoms with Gasteiger partial charge in [-0.3, -0.25) is 4.79 Å². The lowest BCUT2D eigenvalue weighted by molar-refractivity contribution is -0.115. The van der Waals surface area contributed by atoms with Gasteiger partial charge in [0.25, 0.3) is 5.91 Å². The number of thiocarbonyl (C=S) groups is 1. The zero-order chi connectivity index (χ0) is 19.9. The molecule has 1 amide bonds. The fraction of sp³-hybridized carbons (Fsp3) is 0.200. The second kappa shape index (κ2) is 9.82. The number of amides is 1. The van der Waals surface area contributed by atoms with E-state index in [9.17, 15) is 4.79 Å². The normalized spacial score (nSPS) is 14.9. The van der Waals surface area contributed by atoms with Crippen molar-refractivity contribution in [2.45, 2.75) is 6.42 Å². The van der Waals surface area contributed by atoms with Crippen LogP contribution in [-0.4, -0.2) is 30.6 Å². The van der Waals surface area contributed by atoms with E-state index < -0.39 is 0 Å². The number of ether oxygens (including phenoxy) is 3. The van der Waals surface area contributed by atoms with Gasteiger partial charge in [-0.15, -0.1) is 0 Å². The number of hydrogen-bond donors (Lipinski definition) is 1. The number of carbonyl (C=O) groups excluding carboxylic acids is 1. The summed E-state index contributed by atoms with van der Waals surface area (Å²) in [6.07, 6.45) is 2.43. The van der Waals surface area contributed by atoms with Gasteiger partial charge in [0.15, 0.2) is 0 Å². The summed E-state index contributed by atoms with van der Waals surface area (Å²) in [5.41, 5.74) is 0.728. The first-order chi connectivity index (χ1) is 13.5. The van der Waals surface area contributed by atoms with Crippen molar-refractivity contribution >= 4 is 51.9 Å². The van der Waals surface area contributed by atoms with Crippen molar-refractivity contribution < 1.29 is 19.0 Å². The second-order valence-corrected chi connectivity index (χ2v) is 7.92. The van der Waals surface area contributed by atoms with Crippen LogP contribution < -0.4 is 19.5 Å². The molecule has 0 aromatic heterocycles. The summed E-state index contributed by atoms with van der Waals surface area (Å²) in [7, 11) is 1.63. The molecule has 1 aliphatic heterocycles. The van der Waals surface area contributed by atoms with Crippen LogP contribution >= 0.6 is 35.6 Å². The topological polar surface area (TPSA) is 56.8 Å². The van der Waals surface area contributed by atoms with Crippen molar-refractivity contribution in [3.05, 3.63) is 58.0 Å². The Kier molecular flexibility index (Phi) is 7.19. The van der Waals surface area contributed by atoms with E-state index in [1.54, 1.807) is 31.4 Å². The van der Waals surface area contributed by atoms with E-state index in [1.165, 1.54) is 11.8 Å². The van der Waals surface area contributed by atoms with Crippen LogP contribution in [0.25, 0.3) is 6.08 Å². The molecule has 0 radical (unpaired) electrons. The van der Waals surface area contributed by atoms with Crippen LogP contribution in [-0.2, 0) is 4.79 Å². The molecule has 2 aromatic rings. The van der Waals surface area contributed by atoms with E-state index in [-0.39, 0.29) is 5.91 Å². The van der Waals surface area contributed by atoms with Crippen LogP contribution in [0.3, 0.4) is 0 Å². The van der Waals surface area contributed by atoms with Gasteiger partial charge in [0.05, 0.1) is 25.2 Å². The maximum atomic E-state index is 11.9. The molecular weight excluding hydrogens is 418 g/mol. The van der Waals surface area contributed by atoms with Crippen molar-refractivity contribution in [3.63, 3.8) is 0 Å². The highest BCUT2D eigenvalue weighted by Gasteiger charge is 2.22. The molecular formula is C20H18ClNO4S2. The van der Waals surface area contributed by atoms with E-state index in [0.717, 1.165) is 17.1 Å². The summed E-state index contributed by atoms with van der Waals surface area (Å²) in [5, 5.41) is 3.16. The molecule has 1 aliphatic rings. The summed E-state index contributed by atoms with van der Waals surface area (Å²) in [6.45, 7) is 0.981. The summed E-state index contributed by atoms with van der Waals surface area (Å²) in [5.74, 6) is 1.99. The fourth-order valence-electron chi connectivity index (χ4n) is 2.43. The standard InChI is InChI=1S/C20H18ClNO4S2/c1-24-15-4-6-16(7-5-15)25-9-2-10-26-17-8-3-14(21)11-13(17)12-18-19(23)22-20(27)28-18/h3-8,11-12H,2,9-10H2,1H3,(H,22,23,27)/b18-12+. The lowest BCUT2D eigenvalue weighted by atomic mass is 10.2. The average molecular weight is 436 g/mol. The van der Waals surface area contributed by atoms with Crippen LogP contribution in [0.4, 0.5) is 0 Å². The van der Waals surface area contributed by atoms with Gasteiger partial charge in [0.2, 0.25) is 0 Å². The van der Waals surface area contributed by atoms with E-state index in [4.69, 9.17) is 38.0 Å². The molecule has 1 heterocycles. The predicted octanol–water partition coefficient (Wildman–Crippen LogP) is 4.69. The lowest BCUT2D eigenvalue weighted by Crippen LogP contribution is -2.17. The third kappa shape index (κ3) is 5.64. The quantitative estimate of drug-likeness (QED) is 0.369. The van der Waals surface area contributed by atoms with Gasteiger partial charge in [0, 0.05) is 17.0 Å². The maximum absolute atomic E-state index is 11.9. The van der Waals surface area contributed by atoms with E-state index in [0.29, 0.717) is 39.6 Å². The van der Waals surface area contributed by atoms with Crippen molar-refractivity contribution in [2.24, 2.45) is 0 Å². The molecule has 2 aromatic carbocycles. The van der Waals surface area contributed by atoms with Gasteiger partial charge in [-0.25, -0.2) is 0 Å². The fourth-order valence-corrected chi connectivity index (χ4v) is 3.64. The Morgan fingerprint density at radius 1 is 1.11 bits per heavy atom. The summed E-state index contributed by atoms with van der Waals surface area (Å²) < 4.78 is 17.1. The molecule has 0 aliphatic carbocycles. The van der Waals surface area contributed by atoms with E-state index in [2.05, 4.69) is 5.32 Å². The van der Waals surface area contributed by atoms with E-state index in [1.807, 2.05) is 24.3 Å². The Morgan fingerprint density at radius 3 is 2.50 bits per heavy atom. The van der Waals surface area contributed by atoms with Gasteiger partial charge < -0.3 is 19.5 Å². The van der Waals surface area contributed by atoms with Crippen LogP contribution in [0.1, 0.15) is 12.0 Å². The number of hydrogen-bond acceptors (Lipinski definition) is 6. The number of carbonyl (C=O) groups is 1. The molecule has 1 saturated heterocycles. The molecule has 0 spiro atoms. The Balaban J connectivity index is 1.55. The number of halogens is 1. The minimum Gasteiger partial charge on any atom is -0.497 e. The molecule has 28 heavy (non-hydrogen) atoms. The highest BCUT2D eigenvalue weighted by molar-refractivity contribution is 8.26. The molecule has 8 heteroatoms. The third-order valence-electron chi connectivity index (χ3n) is 3.77. The Bertz CT molecular complexity index is 900. The smallest absolute Gasteiger partial charge is 0.263 e. The summed E-state index contributed by atoms with van der Waals surface area (Å²) >= 11 is 12.3. The monoisotopic (exact) mass is 435 g/mol. The van der Waals surface area contributed by atoms with Gasteiger partial charge >= 0.3 is 0 Å². The third-order valence-corrected chi connectivity index (χ3v) is 5.17. The first-order valence-electron chi connectivity index (χ1n) is 8.49. The van der Waals surface area contributed by atoms with Crippen molar-refractivity contribution in [2.75, 3.05) is 20.3 Å². The summed E-state index contributed by atoms with van der Waals surface area (Å²) in [6, 6.07) is 12.7. The molecule has 0 atom stereocenters. The van der Waals surface area contributed by atoms with Crippen LogP contribution in [0.2, 0.25) is 5.02 Å². The van der Waals surface area contributed by atoms with Crippen molar-refractivity contribution in [1.82, 2.24) is 5.32 Å². The second-order valence-electron chi connectivity index (χ2n) is 5.76. The molecule has 1 fully saturated rings. The molecule has 0 bridgehead atoms. The maximum Gasteiger partial charge on any atom is 0.263 e. The van der Waals surface area contributed by atoms with Crippen LogP contribution in [0.5, 0.6) is 17.2 Å². The van der Waals surface area contributed by atoms with Crippen molar-refractivity contribution in [3.8, 4) is 17.2 Å². The highest BCUT2D eigenvalue weighted by Crippen LogP contribution is 2.31. The number of thioether (sulfide) groups is 1. The number of nitrogens with one attached hydrogen (secondary N) is 1. The lowest BCUT2D eigenvalue weighted by Gasteiger charge is -2.11. The zero-order valence-electron chi connectivity index (χ0n) is 15.1. The number of methoxy groups -OCH3 is 1. The minimum atomic E-state index is -0.214. The van der Waals surface area contributed by atoms with Crippen LogP contribution in [0.15, 0.2) is 47.4 Å². The van der Waals surface area contributed by atoms with E-state index >= 15 is 0 Å². The molecule has 0 unspecified atom stereocenters. The van der Waals surface area contributed by atoms with Gasteiger partial charge in [-0.2, -0.15) is 0 Å². The van der Waals surface area contributed by atoms with Crippen LogP contribution in [0, 0.1) is 0 Å². The molecule has 146 valence electrons. The number of benzene rings is 2. The largest absolute Gasteiger partial charge is 0.497 e. The van der Waals surface area contributed by atoms with Gasteiger partial charge in [-0.05, 0) is 48.5 Å². The van der Waals surface area contributed by atoms with Crippen molar-refractivity contribution in [1.29, 1.82) is 0 Å². The zero-order valence-corrected chi connectivity index (χ0v) is 17.5. The predicted molar refractivity (Wildman–Crippen MR) is 116 cm³/mol. The SMILES string of the molecule is COc1ccc(OCCCOc2ccc(Cl)cc2/C=C2/SC(=S)NC2=O)cc1. The summed E-state index contributed by atoms with van der Waals surface area (Å²) in [4.78, 5) is 12.4. The Hall–Kier alpha value is -2.22. The Morgan fingerprint density at radius 2 is 1.82 bits per heavy atom. The number of rotatable bonds is 8. The van der Waals surface area contributed by atoms with Gasteiger partial charge in [-0.1, -0.05) is 35.6 Å². The Labute approximate surface area is 178 Å².